The molecule has 0 bridgehead atoms. The highest BCUT2D eigenvalue weighted by Crippen LogP contribution is 2.42. The summed E-state index contributed by atoms with van der Waals surface area (Å²) in [5.41, 5.74) is 1.95. The van der Waals surface area contributed by atoms with Crippen LogP contribution in [0, 0.1) is 0 Å². The van der Waals surface area contributed by atoms with E-state index in [1.807, 2.05) is 6.07 Å². The number of carbonyl (C=O) groups is 1. The molecule has 2 heterocycles. The number of fused-ring (bicyclic) bond motifs is 2. The summed E-state index contributed by atoms with van der Waals surface area (Å²) in [4.78, 5) is 22.7. The maximum atomic E-state index is 13.4. The van der Waals surface area contributed by atoms with E-state index in [2.05, 4.69) is 15.3 Å². The number of anilines is 1. The lowest BCUT2D eigenvalue weighted by molar-refractivity contribution is -0.0687. The summed E-state index contributed by atoms with van der Waals surface area (Å²) in [6, 6.07) is 3.59. The lowest BCUT2D eigenvalue weighted by Gasteiger charge is -2.16. The van der Waals surface area contributed by atoms with Crippen LogP contribution in [-0.4, -0.2) is 47.7 Å². The van der Waals surface area contributed by atoms with Crippen molar-refractivity contribution in [1.82, 2.24) is 14.9 Å². The summed E-state index contributed by atoms with van der Waals surface area (Å²) >= 11 is 0. The zero-order valence-electron chi connectivity index (χ0n) is 16.9. The molecule has 30 heavy (non-hydrogen) atoms. The normalized spacial score (nSPS) is 15.2. The minimum atomic E-state index is -4.46. The Bertz CT molecular complexity index is 1060. The molecule has 0 saturated carbocycles. The van der Waals surface area contributed by atoms with Gasteiger partial charge in [-0.05, 0) is 24.6 Å². The third-order valence-electron chi connectivity index (χ3n) is 5.29. The first kappa shape index (κ1) is 20.2. The van der Waals surface area contributed by atoms with Gasteiger partial charge in [-0.15, -0.1) is 0 Å². The second-order valence-electron chi connectivity index (χ2n) is 7.32. The fraction of sp³-hybridized carbons (Fsp3) is 0.381. The number of allylic oxidation sites excluding steroid dienone is 2. The number of rotatable bonds is 5. The van der Waals surface area contributed by atoms with Crippen LogP contribution in [0.1, 0.15) is 45.5 Å². The largest absolute Gasteiger partial charge is 0.496 e. The number of halogens is 3. The molecule has 9 heteroatoms. The summed E-state index contributed by atoms with van der Waals surface area (Å²) in [6.07, 6.45) is -2.91. The third kappa shape index (κ3) is 3.38. The Balaban J connectivity index is 1.73. The number of hydrogen-bond donors (Lipinski definition) is 1. The Hall–Kier alpha value is -3.10. The van der Waals surface area contributed by atoms with Gasteiger partial charge in [-0.1, -0.05) is 6.08 Å². The van der Waals surface area contributed by atoms with Crippen molar-refractivity contribution in [3.05, 3.63) is 52.0 Å². The van der Waals surface area contributed by atoms with Crippen LogP contribution in [-0.2, 0) is 19.4 Å². The highest BCUT2D eigenvalue weighted by molar-refractivity contribution is 5.98. The molecule has 0 spiro atoms. The summed E-state index contributed by atoms with van der Waals surface area (Å²) in [7, 11) is 3.24. The first-order valence-corrected chi connectivity index (χ1v) is 9.59. The van der Waals surface area contributed by atoms with Gasteiger partial charge < -0.3 is 15.0 Å². The predicted molar refractivity (Wildman–Crippen MR) is 106 cm³/mol. The molecule has 0 radical (unpaired) electrons. The average molecular weight is 418 g/mol. The first-order valence-electron chi connectivity index (χ1n) is 9.59. The minimum Gasteiger partial charge on any atom is -0.496 e. The zero-order chi connectivity index (χ0) is 21.6. The number of alkyl halides is 3. The van der Waals surface area contributed by atoms with E-state index in [4.69, 9.17) is 4.74 Å². The molecular weight excluding hydrogens is 397 g/mol. The second-order valence-corrected chi connectivity index (χ2v) is 7.32. The van der Waals surface area contributed by atoms with Gasteiger partial charge in [0.1, 0.15) is 17.4 Å². The minimum absolute atomic E-state index is 0.0289. The lowest BCUT2D eigenvalue weighted by Crippen LogP contribution is -2.17. The number of methoxy groups -OCH3 is 1. The summed E-state index contributed by atoms with van der Waals surface area (Å²) < 4.78 is 45.6. The molecule has 0 atom stereocenters. The van der Waals surface area contributed by atoms with Gasteiger partial charge in [0.2, 0.25) is 0 Å². The van der Waals surface area contributed by atoms with Crippen LogP contribution in [0.5, 0.6) is 5.75 Å². The SMILES string of the molecule is CCNc1nc(Cc2cc3c(cc2OC)C(=O)N(C)C3)nc2c1C(C(F)(F)F)=CC2. The number of benzene rings is 1. The lowest BCUT2D eigenvalue weighted by atomic mass is 10.0. The quantitative estimate of drug-likeness (QED) is 0.804. The highest BCUT2D eigenvalue weighted by atomic mass is 19.4. The Morgan fingerprint density at radius 1 is 1.27 bits per heavy atom. The van der Waals surface area contributed by atoms with E-state index in [1.54, 1.807) is 24.9 Å². The molecule has 0 fully saturated rings. The van der Waals surface area contributed by atoms with Crippen LogP contribution in [0.15, 0.2) is 18.2 Å². The van der Waals surface area contributed by atoms with Gasteiger partial charge in [0, 0.05) is 44.1 Å². The Morgan fingerprint density at radius 2 is 2.03 bits per heavy atom. The Kier molecular flexibility index (Phi) is 4.91. The van der Waals surface area contributed by atoms with Gasteiger partial charge in [0.05, 0.1) is 23.9 Å². The molecule has 2 aliphatic rings. The van der Waals surface area contributed by atoms with E-state index in [0.29, 0.717) is 35.9 Å². The number of ether oxygens (including phenoxy) is 1. The molecule has 1 aromatic carbocycles. The molecule has 6 nitrogen and oxygen atoms in total. The molecule has 1 aliphatic heterocycles. The molecule has 4 rings (SSSR count). The van der Waals surface area contributed by atoms with Crippen molar-refractivity contribution in [2.75, 3.05) is 26.0 Å². The number of carbonyl (C=O) groups excluding carboxylic acids is 1. The van der Waals surface area contributed by atoms with Crippen molar-refractivity contribution < 1.29 is 22.7 Å². The van der Waals surface area contributed by atoms with E-state index in [0.717, 1.165) is 17.2 Å². The second kappa shape index (κ2) is 7.30. The molecule has 0 saturated heterocycles. The number of nitrogens with one attached hydrogen (secondary N) is 1. The number of amides is 1. The summed E-state index contributed by atoms with van der Waals surface area (Å²) in [6.45, 7) is 2.74. The molecular formula is C21H21F3N4O2. The van der Waals surface area contributed by atoms with Gasteiger partial charge in [-0.3, -0.25) is 4.79 Å². The van der Waals surface area contributed by atoms with E-state index in [1.165, 1.54) is 7.11 Å². The predicted octanol–water partition coefficient (Wildman–Crippen LogP) is 3.60. The monoisotopic (exact) mass is 418 g/mol. The van der Waals surface area contributed by atoms with Crippen LogP contribution in [0.3, 0.4) is 0 Å². The van der Waals surface area contributed by atoms with Gasteiger partial charge in [-0.25, -0.2) is 9.97 Å². The first-order chi connectivity index (χ1) is 14.2. The topological polar surface area (TPSA) is 67.4 Å². The van der Waals surface area contributed by atoms with Crippen LogP contribution in [0.4, 0.5) is 19.0 Å². The standard InChI is InChI=1S/C21H21F3N4O2/c1-4-25-19-18-14(21(22,23)24)5-6-15(18)26-17(27-19)8-11-7-12-10-28(2)20(29)13(12)9-16(11)30-3/h5,7,9H,4,6,8,10H2,1-3H3,(H,25,26,27). The van der Waals surface area contributed by atoms with E-state index < -0.39 is 11.7 Å². The van der Waals surface area contributed by atoms with Crippen LogP contribution >= 0.6 is 0 Å². The van der Waals surface area contributed by atoms with Crippen molar-refractivity contribution in [1.29, 1.82) is 0 Å². The van der Waals surface area contributed by atoms with Crippen molar-refractivity contribution in [2.45, 2.75) is 32.5 Å². The molecule has 1 aliphatic carbocycles. The van der Waals surface area contributed by atoms with Crippen molar-refractivity contribution in [3.63, 3.8) is 0 Å². The maximum absolute atomic E-state index is 13.4. The third-order valence-corrected chi connectivity index (χ3v) is 5.29. The number of nitrogens with zero attached hydrogens (tertiary/aromatic N) is 3. The Morgan fingerprint density at radius 3 is 2.70 bits per heavy atom. The maximum Gasteiger partial charge on any atom is 0.416 e. The van der Waals surface area contributed by atoms with Crippen molar-refractivity contribution in [2.24, 2.45) is 0 Å². The molecule has 158 valence electrons. The van der Waals surface area contributed by atoms with E-state index in [-0.39, 0.29) is 30.1 Å². The molecule has 0 unspecified atom stereocenters. The zero-order valence-corrected chi connectivity index (χ0v) is 16.9. The van der Waals surface area contributed by atoms with Gasteiger partial charge >= 0.3 is 6.18 Å². The molecule has 1 N–H and O–H groups in total. The Labute approximate surface area is 171 Å². The molecule has 2 aromatic rings. The fourth-order valence-electron chi connectivity index (χ4n) is 3.96. The average Bonchev–Trinajstić information content (AvgIpc) is 3.23. The summed E-state index contributed by atoms with van der Waals surface area (Å²) in [5.74, 6) is 1.05. The van der Waals surface area contributed by atoms with Crippen molar-refractivity contribution >= 4 is 17.3 Å². The molecule has 1 aromatic heterocycles. The van der Waals surface area contributed by atoms with Crippen LogP contribution in [0.2, 0.25) is 0 Å². The van der Waals surface area contributed by atoms with Crippen LogP contribution in [0.25, 0.3) is 5.57 Å². The smallest absolute Gasteiger partial charge is 0.416 e. The van der Waals surface area contributed by atoms with Gasteiger partial charge in [0.25, 0.3) is 5.91 Å². The van der Waals surface area contributed by atoms with E-state index >= 15 is 0 Å². The van der Waals surface area contributed by atoms with Crippen LogP contribution < -0.4 is 10.1 Å². The highest BCUT2D eigenvalue weighted by Gasteiger charge is 2.40. The number of hydrogen-bond acceptors (Lipinski definition) is 5. The van der Waals surface area contributed by atoms with Gasteiger partial charge in [0.15, 0.2) is 0 Å². The van der Waals surface area contributed by atoms with Crippen molar-refractivity contribution in [3.8, 4) is 5.75 Å². The fourth-order valence-corrected chi connectivity index (χ4v) is 3.96. The number of aromatic nitrogens is 2. The molecule has 1 amide bonds. The van der Waals surface area contributed by atoms with E-state index in [9.17, 15) is 18.0 Å². The van der Waals surface area contributed by atoms with Gasteiger partial charge in [-0.2, -0.15) is 13.2 Å². The summed E-state index contributed by atoms with van der Waals surface area (Å²) in [5, 5.41) is 2.94.